The van der Waals surface area contributed by atoms with Gasteiger partial charge in [-0.1, -0.05) is 32.6 Å². The minimum absolute atomic E-state index is 0.101. The molecule has 0 aromatic heterocycles. The molecule has 0 saturated carbocycles. The minimum Gasteiger partial charge on any atom is -0.395 e. The average Bonchev–Trinajstić information content (AvgIpc) is 2.39. The molecule has 112 valence electrons. The zero-order valence-corrected chi connectivity index (χ0v) is 12.5. The molecule has 1 amide bonds. The molecule has 0 aromatic rings. The fourth-order valence-electron chi connectivity index (χ4n) is 2.75. The fourth-order valence-corrected chi connectivity index (χ4v) is 2.75. The van der Waals surface area contributed by atoms with Crippen molar-refractivity contribution in [3.8, 4) is 0 Å². The van der Waals surface area contributed by atoms with Crippen LogP contribution >= 0.6 is 0 Å². The van der Waals surface area contributed by atoms with Gasteiger partial charge in [0.2, 0.25) is 5.91 Å². The van der Waals surface area contributed by atoms with Crippen LogP contribution in [0.2, 0.25) is 0 Å². The Morgan fingerprint density at radius 3 is 2.89 bits per heavy atom. The molecule has 0 aromatic carbocycles. The molecule has 1 fully saturated rings. The highest BCUT2D eigenvalue weighted by Gasteiger charge is 2.23. The van der Waals surface area contributed by atoms with Crippen LogP contribution in [0.25, 0.3) is 0 Å². The number of nitrogens with one attached hydrogen (secondary N) is 1. The zero-order chi connectivity index (χ0) is 14.1. The number of rotatable bonds is 8. The number of piperidine rings is 1. The van der Waals surface area contributed by atoms with Gasteiger partial charge >= 0.3 is 0 Å². The fraction of sp³-hybridized carbons (Fsp3) is 0.933. The van der Waals surface area contributed by atoms with Crippen molar-refractivity contribution in [2.75, 3.05) is 19.7 Å². The standard InChI is InChI=1S/C15H30N2O2/c1-3-4-5-8-13(2)16-15(19)11-17-10-7-6-9-14(17)12-18/h13-14,18H,3-12H2,1-2H3,(H,16,19). The maximum Gasteiger partial charge on any atom is 0.234 e. The first-order valence-corrected chi connectivity index (χ1v) is 7.81. The normalized spacial score (nSPS) is 22.2. The maximum atomic E-state index is 12.0. The summed E-state index contributed by atoms with van der Waals surface area (Å²) in [6, 6.07) is 0.436. The Kier molecular flexibility index (Phi) is 8.07. The van der Waals surface area contributed by atoms with Gasteiger partial charge in [-0.3, -0.25) is 9.69 Å². The van der Waals surface area contributed by atoms with Crippen molar-refractivity contribution in [1.82, 2.24) is 10.2 Å². The lowest BCUT2D eigenvalue weighted by Gasteiger charge is -2.34. The zero-order valence-electron chi connectivity index (χ0n) is 12.5. The highest BCUT2D eigenvalue weighted by molar-refractivity contribution is 5.78. The number of unbranched alkanes of at least 4 members (excludes halogenated alkanes) is 2. The van der Waals surface area contributed by atoms with Gasteiger partial charge in [-0.05, 0) is 32.7 Å². The summed E-state index contributed by atoms with van der Waals surface area (Å²) in [5.41, 5.74) is 0. The average molecular weight is 270 g/mol. The molecule has 0 bridgehead atoms. The Balaban J connectivity index is 2.25. The third-order valence-corrected chi connectivity index (χ3v) is 3.95. The van der Waals surface area contributed by atoms with E-state index >= 15 is 0 Å². The van der Waals surface area contributed by atoms with Crippen molar-refractivity contribution in [2.24, 2.45) is 0 Å². The summed E-state index contributed by atoms with van der Waals surface area (Å²) >= 11 is 0. The second kappa shape index (κ2) is 9.32. The van der Waals surface area contributed by atoms with Crippen molar-refractivity contribution in [3.63, 3.8) is 0 Å². The van der Waals surface area contributed by atoms with E-state index in [0.29, 0.717) is 6.54 Å². The van der Waals surface area contributed by atoms with Crippen LogP contribution in [-0.4, -0.2) is 47.7 Å². The molecule has 1 saturated heterocycles. The largest absolute Gasteiger partial charge is 0.395 e. The van der Waals surface area contributed by atoms with Crippen LogP contribution in [0.5, 0.6) is 0 Å². The van der Waals surface area contributed by atoms with Crippen molar-refractivity contribution < 1.29 is 9.90 Å². The first-order valence-electron chi connectivity index (χ1n) is 7.81. The Bertz CT molecular complexity index is 259. The van der Waals surface area contributed by atoms with E-state index < -0.39 is 0 Å². The lowest BCUT2D eigenvalue weighted by atomic mass is 10.0. The van der Waals surface area contributed by atoms with Crippen LogP contribution in [-0.2, 0) is 4.79 Å². The highest BCUT2D eigenvalue weighted by atomic mass is 16.3. The summed E-state index contributed by atoms with van der Waals surface area (Å²) in [5.74, 6) is 0.101. The van der Waals surface area contributed by atoms with E-state index in [1.807, 2.05) is 0 Å². The second-order valence-electron chi connectivity index (χ2n) is 5.77. The Labute approximate surface area is 117 Å². The number of hydrogen-bond acceptors (Lipinski definition) is 3. The summed E-state index contributed by atoms with van der Waals surface area (Å²) in [7, 11) is 0. The van der Waals surface area contributed by atoms with Crippen LogP contribution in [0, 0.1) is 0 Å². The van der Waals surface area contributed by atoms with Gasteiger partial charge in [0, 0.05) is 12.1 Å². The predicted molar refractivity (Wildman–Crippen MR) is 78.0 cm³/mol. The van der Waals surface area contributed by atoms with Gasteiger partial charge < -0.3 is 10.4 Å². The topological polar surface area (TPSA) is 52.6 Å². The van der Waals surface area contributed by atoms with Crippen LogP contribution in [0.4, 0.5) is 0 Å². The number of likely N-dealkylation sites (tertiary alicyclic amines) is 1. The van der Waals surface area contributed by atoms with Crippen molar-refractivity contribution >= 4 is 5.91 Å². The van der Waals surface area contributed by atoms with Gasteiger partial charge in [0.1, 0.15) is 0 Å². The SMILES string of the molecule is CCCCCC(C)NC(=O)CN1CCCCC1CO. The summed E-state index contributed by atoms with van der Waals surface area (Å²) < 4.78 is 0. The van der Waals surface area contributed by atoms with Crippen LogP contribution in [0.3, 0.4) is 0 Å². The molecule has 1 heterocycles. The molecule has 0 spiro atoms. The third kappa shape index (κ3) is 6.39. The summed E-state index contributed by atoms with van der Waals surface area (Å²) in [6.07, 6.45) is 8.00. The first kappa shape index (κ1) is 16.4. The lowest BCUT2D eigenvalue weighted by molar-refractivity contribution is -0.124. The van der Waals surface area contributed by atoms with Gasteiger partial charge in [0.25, 0.3) is 0 Å². The van der Waals surface area contributed by atoms with E-state index in [9.17, 15) is 9.90 Å². The molecule has 19 heavy (non-hydrogen) atoms. The van der Waals surface area contributed by atoms with E-state index in [1.54, 1.807) is 0 Å². The van der Waals surface area contributed by atoms with Crippen molar-refractivity contribution in [3.05, 3.63) is 0 Å². The van der Waals surface area contributed by atoms with Crippen LogP contribution in [0.15, 0.2) is 0 Å². The number of nitrogens with zero attached hydrogens (tertiary/aromatic N) is 1. The van der Waals surface area contributed by atoms with Gasteiger partial charge in [-0.15, -0.1) is 0 Å². The number of carbonyl (C=O) groups is 1. The smallest absolute Gasteiger partial charge is 0.234 e. The predicted octanol–water partition coefficient (Wildman–Crippen LogP) is 1.92. The molecule has 2 unspecified atom stereocenters. The van der Waals surface area contributed by atoms with Gasteiger partial charge in [0.15, 0.2) is 0 Å². The number of amides is 1. The van der Waals surface area contributed by atoms with Gasteiger partial charge in [-0.25, -0.2) is 0 Å². The summed E-state index contributed by atoms with van der Waals surface area (Å²) in [4.78, 5) is 14.1. The van der Waals surface area contributed by atoms with Crippen LogP contribution in [0.1, 0.15) is 58.8 Å². The number of aliphatic hydroxyl groups is 1. The number of carbonyl (C=O) groups excluding carboxylic acids is 1. The Hall–Kier alpha value is -0.610. The molecule has 2 atom stereocenters. The number of hydrogen-bond donors (Lipinski definition) is 2. The van der Waals surface area contributed by atoms with E-state index in [0.717, 1.165) is 32.2 Å². The van der Waals surface area contributed by atoms with Crippen molar-refractivity contribution in [2.45, 2.75) is 70.9 Å². The molecule has 1 aliphatic heterocycles. The van der Waals surface area contributed by atoms with E-state index in [-0.39, 0.29) is 24.6 Å². The van der Waals surface area contributed by atoms with Crippen LogP contribution < -0.4 is 5.32 Å². The molecule has 2 N–H and O–H groups in total. The second-order valence-corrected chi connectivity index (χ2v) is 5.77. The molecule has 1 rings (SSSR count). The number of aliphatic hydroxyl groups excluding tert-OH is 1. The summed E-state index contributed by atoms with van der Waals surface area (Å²) in [5, 5.41) is 12.4. The highest BCUT2D eigenvalue weighted by Crippen LogP contribution is 2.15. The van der Waals surface area contributed by atoms with E-state index in [1.165, 1.54) is 19.3 Å². The molecule has 0 radical (unpaired) electrons. The molecule has 4 heteroatoms. The molecule has 4 nitrogen and oxygen atoms in total. The minimum atomic E-state index is 0.101. The third-order valence-electron chi connectivity index (χ3n) is 3.95. The molecule has 1 aliphatic rings. The first-order chi connectivity index (χ1) is 9.17. The monoisotopic (exact) mass is 270 g/mol. The van der Waals surface area contributed by atoms with Gasteiger partial charge in [-0.2, -0.15) is 0 Å². The van der Waals surface area contributed by atoms with Crippen molar-refractivity contribution in [1.29, 1.82) is 0 Å². The molecular weight excluding hydrogens is 240 g/mol. The van der Waals surface area contributed by atoms with E-state index in [2.05, 4.69) is 24.1 Å². The maximum absolute atomic E-state index is 12.0. The Morgan fingerprint density at radius 1 is 1.42 bits per heavy atom. The van der Waals surface area contributed by atoms with E-state index in [4.69, 9.17) is 0 Å². The summed E-state index contributed by atoms with van der Waals surface area (Å²) in [6.45, 7) is 5.80. The molecular formula is C15H30N2O2. The quantitative estimate of drug-likeness (QED) is 0.663. The van der Waals surface area contributed by atoms with Gasteiger partial charge in [0.05, 0.1) is 13.2 Å². The lowest BCUT2D eigenvalue weighted by Crippen LogP contribution is -2.48. The Morgan fingerprint density at radius 2 is 2.21 bits per heavy atom. The molecule has 0 aliphatic carbocycles.